The highest BCUT2D eigenvalue weighted by Gasteiger charge is 2.39. The molecule has 1 amide bonds. The SMILES string of the molecule is O=C(CCSCc1ccccc1)N[C@H]1C[C@H]2CC[C@@H]1C2. The third-order valence-electron chi connectivity index (χ3n) is 4.67. The lowest BCUT2D eigenvalue weighted by atomic mass is 9.95. The van der Waals surface area contributed by atoms with Gasteiger partial charge in [0.2, 0.25) is 5.91 Å². The maximum atomic E-state index is 12.0. The zero-order valence-corrected chi connectivity index (χ0v) is 12.7. The Balaban J connectivity index is 1.32. The molecule has 0 saturated heterocycles. The van der Waals surface area contributed by atoms with E-state index in [9.17, 15) is 4.79 Å². The highest BCUT2D eigenvalue weighted by Crippen LogP contribution is 2.44. The maximum absolute atomic E-state index is 12.0. The standard InChI is InChI=1S/C17H23NOS/c19-17(18-16-11-14-6-7-15(16)10-14)8-9-20-12-13-4-2-1-3-5-13/h1-5,14-16H,6-12H2,(H,18,19)/t14-,15+,16-/m0/s1. The van der Waals surface area contributed by atoms with Gasteiger partial charge in [-0.3, -0.25) is 4.79 Å². The minimum Gasteiger partial charge on any atom is -0.353 e. The summed E-state index contributed by atoms with van der Waals surface area (Å²) in [5.41, 5.74) is 1.34. The third kappa shape index (κ3) is 3.57. The Morgan fingerprint density at radius 1 is 1.20 bits per heavy atom. The van der Waals surface area contributed by atoms with E-state index < -0.39 is 0 Å². The molecule has 0 aliphatic heterocycles. The molecule has 108 valence electrons. The van der Waals surface area contributed by atoms with Gasteiger partial charge in [0.15, 0.2) is 0 Å². The molecule has 1 aromatic carbocycles. The Morgan fingerprint density at radius 3 is 2.75 bits per heavy atom. The van der Waals surface area contributed by atoms with Crippen molar-refractivity contribution < 1.29 is 4.79 Å². The normalized spacial score (nSPS) is 27.7. The summed E-state index contributed by atoms with van der Waals surface area (Å²) in [6.07, 6.45) is 5.97. The largest absolute Gasteiger partial charge is 0.353 e. The van der Waals surface area contributed by atoms with Crippen LogP contribution < -0.4 is 5.32 Å². The van der Waals surface area contributed by atoms with E-state index in [0.717, 1.165) is 23.3 Å². The number of carbonyl (C=O) groups excluding carboxylic acids is 1. The van der Waals surface area contributed by atoms with Crippen LogP contribution in [-0.4, -0.2) is 17.7 Å². The lowest BCUT2D eigenvalue weighted by Gasteiger charge is -2.22. The monoisotopic (exact) mass is 289 g/mol. The Labute approximate surface area is 125 Å². The van der Waals surface area contributed by atoms with Crippen LogP contribution in [-0.2, 0) is 10.5 Å². The molecule has 3 rings (SSSR count). The highest BCUT2D eigenvalue weighted by atomic mass is 32.2. The van der Waals surface area contributed by atoms with E-state index >= 15 is 0 Å². The van der Waals surface area contributed by atoms with Crippen molar-refractivity contribution in [3.63, 3.8) is 0 Å². The van der Waals surface area contributed by atoms with Gasteiger partial charge in [0.05, 0.1) is 0 Å². The van der Waals surface area contributed by atoms with Crippen molar-refractivity contribution >= 4 is 17.7 Å². The van der Waals surface area contributed by atoms with Gasteiger partial charge < -0.3 is 5.32 Å². The zero-order chi connectivity index (χ0) is 13.8. The second-order valence-corrected chi connectivity index (χ2v) is 7.24. The van der Waals surface area contributed by atoms with E-state index in [1.165, 1.54) is 31.2 Å². The average Bonchev–Trinajstić information content (AvgIpc) is 3.07. The molecule has 2 nitrogen and oxygen atoms in total. The fraction of sp³-hybridized carbons (Fsp3) is 0.588. The van der Waals surface area contributed by atoms with Gasteiger partial charge in [0.1, 0.15) is 0 Å². The van der Waals surface area contributed by atoms with Crippen LogP contribution in [0.1, 0.15) is 37.7 Å². The number of hydrogen-bond acceptors (Lipinski definition) is 2. The van der Waals surface area contributed by atoms with Gasteiger partial charge in [0, 0.05) is 24.0 Å². The van der Waals surface area contributed by atoms with Crippen LogP contribution in [0.15, 0.2) is 30.3 Å². The van der Waals surface area contributed by atoms with Crippen LogP contribution >= 0.6 is 11.8 Å². The molecule has 0 spiro atoms. The minimum atomic E-state index is 0.253. The molecule has 3 heteroatoms. The van der Waals surface area contributed by atoms with Gasteiger partial charge in [0.25, 0.3) is 0 Å². The van der Waals surface area contributed by atoms with Gasteiger partial charge in [-0.1, -0.05) is 36.8 Å². The summed E-state index contributed by atoms with van der Waals surface area (Å²) >= 11 is 1.85. The molecule has 0 unspecified atom stereocenters. The number of fused-ring (bicyclic) bond motifs is 2. The van der Waals surface area contributed by atoms with Crippen LogP contribution in [0, 0.1) is 11.8 Å². The van der Waals surface area contributed by atoms with Gasteiger partial charge in [-0.05, 0) is 36.7 Å². The molecule has 0 heterocycles. The fourth-order valence-electron chi connectivity index (χ4n) is 3.63. The van der Waals surface area contributed by atoms with Gasteiger partial charge in [-0.2, -0.15) is 11.8 Å². The number of hydrogen-bond donors (Lipinski definition) is 1. The van der Waals surface area contributed by atoms with Crippen molar-refractivity contribution in [3.05, 3.63) is 35.9 Å². The summed E-state index contributed by atoms with van der Waals surface area (Å²) in [7, 11) is 0. The molecule has 2 aliphatic rings. The smallest absolute Gasteiger partial charge is 0.221 e. The van der Waals surface area contributed by atoms with Gasteiger partial charge in [-0.15, -0.1) is 0 Å². The molecule has 2 fully saturated rings. The molecule has 0 aromatic heterocycles. The van der Waals surface area contributed by atoms with E-state index in [1.807, 2.05) is 17.8 Å². The first-order valence-electron chi connectivity index (χ1n) is 7.72. The van der Waals surface area contributed by atoms with Crippen molar-refractivity contribution in [3.8, 4) is 0 Å². The Kier molecular flexibility index (Phi) is 4.66. The third-order valence-corrected chi connectivity index (χ3v) is 5.70. The topological polar surface area (TPSA) is 29.1 Å². The minimum absolute atomic E-state index is 0.253. The molecule has 1 aromatic rings. The fourth-order valence-corrected chi connectivity index (χ4v) is 4.53. The molecule has 2 aliphatic carbocycles. The summed E-state index contributed by atoms with van der Waals surface area (Å²) < 4.78 is 0. The Morgan fingerprint density at radius 2 is 2.05 bits per heavy atom. The van der Waals surface area contributed by atoms with E-state index in [0.29, 0.717) is 12.5 Å². The van der Waals surface area contributed by atoms with E-state index in [4.69, 9.17) is 0 Å². The van der Waals surface area contributed by atoms with Crippen molar-refractivity contribution in [1.82, 2.24) is 5.32 Å². The van der Waals surface area contributed by atoms with Crippen LogP contribution in [0.2, 0.25) is 0 Å². The first-order chi connectivity index (χ1) is 9.81. The predicted octanol–water partition coefficient (Wildman–Crippen LogP) is 3.61. The molecular formula is C17H23NOS. The first kappa shape index (κ1) is 14.0. The maximum Gasteiger partial charge on any atom is 0.221 e. The lowest BCUT2D eigenvalue weighted by Crippen LogP contribution is -2.38. The molecule has 2 saturated carbocycles. The number of amides is 1. The Bertz CT molecular complexity index is 448. The Hall–Kier alpha value is -0.960. The summed E-state index contributed by atoms with van der Waals surface area (Å²) in [6.45, 7) is 0. The second kappa shape index (κ2) is 6.66. The molecule has 3 atom stereocenters. The number of thioether (sulfide) groups is 1. The molecule has 20 heavy (non-hydrogen) atoms. The van der Waals surface area contributed by atoms with Crippen molar-refractivity contribution in [2.24, 2.45) is 11.8 Å². The number of carbonyl (C=O) groups is 1. The van der Waals surface area contributed by atoms with Crippen LogP contribution in [0.25, 0.3) is 0 Å². The lowest BCUT2D eigenvalue weighted by molar-refractivity contribution is -0.121. The van der Waals surface area contributed by atoms with Gasteiger partial charge in [-0.25, -0.2) is 0 Å². The van der Waals surface area contributed by atoms with Crippen molar-refractivity contribution in [1.29, 1.82) is 0 Å². The number of rotatable bonds is 6. The molecule has 2 bridgehead atoms. The van der Waals surface area contributed by atoms with E-state index in [-0.39, 0.29) is 5.91 Å². The molecular weight excluding hydrogens is 266 g/mol. The van der Waals surface area contributed by atoms with Gasteiger partial charge >= 0.3 is 0 Å². The number of nitrogens with one attached hydrogen (secondary N) is 1. The van der Waals surface area contributed by atoms with E-state index in [2.05, 4.69) is 29.6 Å². The molecule has 0 radical (unpaired) electrons. The van der Waals surface area contributed by atoms with Crippen LogP contribution in [0.4, 0.5) is 0 Å². The summed E-state index contributed by atoms with van der Waals surface area (Å²) in [5.74, 6) is 3.85. The average molecular weight is 289 g/mol. The summed E-state index contributed by atoms with van der Waals surface area (Å²) in [4.78, 5) is 12.0. The van der Waals surface area contributed by atoms with Crippen LogP contribution in [0.3, 0.4) is 0 Å². The predicted molar refractivity (Wildman–Crippen MR) is 84.6 cm³/mol. The first-order valence-corrected chi connectivity index (χ1v) is 8.88. The summed E-state index contributed by atoms with van der Waals surface area (Å²) in [5, 5.41) is 3.26. The summed E-state index contributed by atoms with van der Waals surface area (Å²) in [6, 6.07) is 10.9. The number of benzene rings is 1. The highest BCUT2D eigenvalue weighted by molar-refractivity contribution is 7.98. The zero-order valence-electron chi connectivity index (χ0n) is 11.9. The molecule has 1 N–H and O–H groups in total. The van der Waals surface area contributed by atoms with E-state index in [1.54, 1.807) is 0 Å². The van der Waals surface area contributed by atoms with Crippen LogP contribution in [0.5, 0.6) is 0 Å². The van der Waals surface area contributed by atoms with Crippen molar-refractivity contribution in [2.45, 2.75) is 43.9 Å². The second-order valence-electron chi connectivity index (χ2n) is 6.14. The quantitative estimate of drug-likeness (QED) is 0.811. The van der Waals surface area contributed by atoms with Crippen molar-refractivity contribution in [2.75, 3.05) is 5.75 Å².